The van der Waals surface area contributed by atoms with E-state index < -0.39 is 30.5 Å². The molecule has 1 aromatic heterocycles. The van der Waals surface area contributed by atoms with Crippen molar-refractivity contribution in [3.8, 4) is 0 Å². The van der Waals surface area contributed by atoms with Crippen LogP contribution in [0.15, 0.2) is 29.0 Å². The van der Waals surface area contributed by atoms with Gasteiger partial charge in [0, 0.05) is 6.20 Å². The second-order valence-corrected chi connectivity index (χ2v) is 3.29. The Bertz CT molecular complexity index is 485. The van der Waals surface area contributed by atoms with E-state index in [9.17, 15) is 9.18 Å². The topological polar surface area (TPSA) is 90.4 Å². The third-order valence-corrected chi connectivity index (χ3v) is 2.20. The van der Waals surface area contributed by atoms with Crippen molar-refractivity contribution < 1.29 is 14.2 Å². The second-order valence-electron chi connectivity index (χ2n) is 3.29. The normalized spacial score (nSPS) is 24.5. The molecule has 6 nitrogen and oxygen atoms in total. The second kappa shape index (κ2) is 4.03. The average molecular weight is 227 g/mol. The Morgan fingerprint density at radius 1 is 1.69 bits per heavy atom. The number of rotatable bonds is 2. The molecule has 0 aliphatic carbocycles. The molecule has 1 aliphatic rings. The third kappa shape index (κ3) is 1.82. The zero-order chi connectivity index (χ0) is 11.7. The Morgan fingerprint density at radius 2 is 2.44 bits per heavy atom. The summed E-state index contributed by atoms with van der Waals surface area (Å²) >= 11 is 0. The Balaban J connectivity index is 2.31. The molecule has 7 heteroatoms. The zero-order valence-corrected chi connectivity index (χ0v) is 8.21. The van der Waals surface area contributed by atoms with Crippen LogP contribution in [0, 0.1) is 0 Å². The molecule has 2 rings (SSSR count). The maximum Gasteiger partial charge on any atom is 0.351 e. The number of nitrogen functional groups attached to an aromatic ring is 1. The molecule has 3 N–H and O–H groups in total. The van der Waals surface area contributed by atoms with E-state index in [1.165, 1.54) is 12.3 Å². The SMILES string of the molecule is Nc1ccn(C2C=C(F)[C@@H](CO)O2)c(=O)n1. The summed E-state index contributed by atoms with van der Waals surface area (Å²) in [7, 11) is 0. The Labute approximate surface area is 89.8 Å². The van der Waals surface area contributed by atoms with Crippen molar-refractivity contribution in [2.24, 2.45) is 0 Å². The van der Waals surface area contributed by atoms with E-state index >= 15 is 0 Å². The van der Waals surface area contributed by atoms with E-state index in [0.29, 0.717) is 0 Å². The van der Waals surface area contributed by atoms with Crippen LogP contribution < -0.4 is 11.4 Å². The van der Waals surface area contributed by atoms with E-state index in [1.54, 1.807) is 0 Å². The summed E-state index contributed by atoms with van der Waals surface area (Å²) in [6, 6.07) is 1.41. The standard InChI is InChI=1S/C9H10FN3O3/c10-5-3-8(16-6(5)4-14)13-2-1-7(11)12-9(13)15/h1-3,6,8,14H,4H2,(H2,11,12,15)/t6-,8?/m1/s1. The van der Waals surface area contributed by atoms with Gasteiger partial charge in [0.1, 0.15) is 17.7 Å². The number of hydrogen-bond donors (Lipinski definition) is 2. The highest BCUT2D eigenvalue weighted by Crippen LogP contribution is 2.26. The number of aromatic nitrogens is 2. The Kier molecular flexibility index (Phi) is 2.71. The van der Waals surface area contributed by atoms with Crippen molar-refractivity contribution in [1.29, 1.82) is 0 Å². The molecule has 0 saturated heterocycles. The van der Waals surface area contributed by atoms with Crippen molar-refractivity contribution in [2.75, 3.05) is 12.3 Å². The minimum absolute atomic E-state index is 0.0856. The Morgan fingerprint density at radius 3 is 3.00 bits per heavy atom. The van der Waals surface area contributed by atoms with Crippen molar-refractivity contribution >= 4 is 5.82 Å². The quantitative estimate of drug-likeness (QED) is 0.715. The van der Waals surface area contributed by atoms with Gasteiger partial charge in [-0.1, -0.05) is 0 Å². The van der Waals surface area contributed by atoms with Gasteiger partial charge in [-0.25, -0.2) is 9.18 Å². The lowest BCUT2D eigenvalue weighted by molar-refractivity contribution is -0.0198. The number of aliphatic hydroxyl groups excluding tert-OH is 1. The molecule has 86 valence electrons. The van der Waals surface area contributed by atoms with Gasteiger partial charge in [-0.15, -0.1) is 0 Å². The van der Waals surface area contributed by atoms with E-state index in [1.807, 2.05) is 0 Å². The van der Waals surface area contributed by atoms with Crippen LogP contribution in [0.5, 0.6) is 0 Å². The van der Waals surface area contributed by atoms with Crippen molar-refractivity contribution in [1.82, 2.24) is 9.55 Å². The molecule has 0 aromatic carbocycles. The maximum absolute atomic E-state index is 13.2. The fourth-order valence-electron chi connectivity index (χ4n) is 1.41. The first kappa shape index (κ1) is 10.8. The van der Waals surface area contributed by atoms with E-state index in [4.69, 9.17) is 15.6 Å². The average Bonchev–Trinajstić information content (AvgIpc) is 2.59. The minimum atomic E-state index is -1.02. The molecule has 0 fully saturated rings. The third-order valence-electron chi connectivity index (χ3n) is 2.20. The van der Waals surface area contributed by atoms with Crippen LogP contribution >= 0.6 is 0 Å². The fraction of sp³-hybridized carbons (Fsp3) is 0.333. The van der Waals surface area contributed by atoms with E-state index in [2.05, 4.69) is 4.98 Å². The summed E-state index contributed by atoms with van der Waals surface area (Å²) in [5.74, 6) is -0.515. The van der Waals surface area contributed by atoms with Gasteiger partial charge in [0.2, 0.25) is 0 Å². The van der Waals surface area contributed by atoms with Gasteiger partial charge in [0.05, 0.1) is 6.61 Å². The highest BCUT2D eigenvalue weighted by atomic mass is 19.1. The predicted molar refractivity (Wildman–Crippen MR) is 53.1 cm³/mol. The molecule has 0 saturated carbocycles. The van der Waals surface area contributed by atoms with Crippen LogP contribution in [0.2, 0.25) is 0 Å². The summed E-state index contributed by atoms with van der Waals surface area (Å²) in [4.78, 5) is 14.9. The van der Waals surface area contributed by atoms with Gasteiger partial charge >= 0.3 is 5.69 Å². The van der Waals surface area contributed by atoms with E-state index in [-0.39, 0.29) is 5.82 Å². The van der Waals surface area contributed by atoms with Crippen molar-refractivity contribution in [2.45, 2.75) is 12.3 Å². The number of halogens is 1. The first-order valence-electron chi connectivity index (χ1n) is 4.60. The number of ether oxygens (including phenoxy) is 1. The zero-order valence-electron chi connectivity index (χ0n) is 8.21. The van der Waals surface area contributed by atoms with Gasteiger partial charge in [-0.2, -0.15) is 4.98 Å². The van der Waals surface area contributed by atoms with Gasteiger partial charge in [-0.3, -0.25) is 4.57 Å². The molecule has 0 bridgehead atoms. The van der Waals surface area contributed by atoms with Crippen LogP contribution in [0.4, 0.5) is 10.2 Å². The lowest BCUT2D eigenvalue weighted by atomic mass is 10.3. The minimum Gasteiger partial charge on any atom is -0.393 e. The monoisotopic (exact) mass is 227 g/mol. The Hall–Kier alpha value is -1.73. The molecule has 0 radical (unpaired) electrons. The molecular formula is C9H10FN3O3. The summed E-state index contributed by atoms with van der Waals surface area (Å²) in [6.07, 6.45) is 0.561. The summed E-state index contributed by atoms with van der Waals surface area (Å²) in [5.41, 5.74) is 4.68. The van der Waals surface area contributed by atoms with Crippen LogP contribution in [0.3, 0.4) is 0 Å². The van der Waals surface area contributed by atoms with Crippen LogP contribution in [-0.4, -0.2) is 27.4 Å². The summed E-state index contributed by atoms with van der Waals surface area (Å²) in [6.45, 7) is -0.476. The molecule has 16 heavy (non-hydrogen) atoms. The number of hydrogen-bond acceptors (Lipinski definition) is 5. The lowest BCUT2D eigenvalue weighted by Gasteiger charge is -2.14. The first-order valence-corrected chi connectivity index (χ1v) is 4.60. The smallest absolute Gasteiger partial charge is 0.351 e. The number of nitrogens with two attached hydrogens (primary N) is 1. The fourth-order valence-corrected chi connectivity index (χ4v) is 1.41. The predicted octanol–water partition coefficient (Wildman–Crippen LogP) is -0.431. The molecule has 2 atom stereocenters. The van der Waals surface area contributed by atoms with Gasteiger partial charge in [0.25, 0.3) is 0 Å². The summed E-state index contributed by atoms with van der Waals surface area (Å²) < 4.78 is 19.3. The molecule has 2 heterocycles. The molecule has 0 spiro atoms. The molecule has 1 aromatic rings. The first-order chi connectivity index (χ1) is 7.61. The maximum atomic E-state index is 13.2. The van der Waals surface area contributed by atoms with Crippen molar-refractivity contribution in [3.63, 3.8) is 0 Å². The van der Waals surface area contributed by atoms with Crippen LogP contribution in [-0.2, 0) is 4.74 Å². The van der Waals surface area contributed by atoms with Crippen LogP contribution in [0.25, 0.3) is 0 Å². The molecular weight excluding hydrogens is 217 g/mol. The number of anilines is 1. The van der Waals surface area contributed by atoms with Crippen LogP contribution in [0.1, 0.15) is 6.23 Å². The van der Waals surface area contributed by atoms with Gasteiger partial charge in [-0.05, 0) is 12.1 Å². The molecule has 0 amide bonds. The van der Waals surface area contributed by atoms with Gasteiger partial charge in [0.15, 0.2) is 6.23 Å². The lowest BCUT2D eigenvalue weighted by Crippen LogP contribution is -2.28. The largest absolute Gasteiger partial charge is 0.393 e. The highest BCUT2D eigenvalue weighted by Gasteiger charge is 2.28. The van der Waals surface area contributed by atoms with Gasteiger partial charge < -0.3 is 15.6 Å². The highest BCUT2D eigenvalue weighted by molar-refractivity contribution is 5.24. The number of nitrogens with zero attached hydrogens (tertiary/aromatic N) is 2. The molecule has 1 aliphatic heterocycles. The van der Waals surface area contributed by atoms with E-state index in [0.717, 1.165) is 10.6 Å². The number of aliphatic hydroxyl groups is 1. The summed E-state index contributed by atoms with van der Waals surface area (Å²) in [5, 5.41) is 8.79. The molecule has 1 unspecified atom stereocenters. The van der Waals surface area contributed by atoms with Crippen molar-refractivity contribution in [3.05, 3.63) is 34.7 Å².